The molecule has 0 bridgehead atoms. The summed E-state index contributed by atoms with van der Waals surface area (Å²) in [5.74, 6) is 2.35. The summed E-state index contributed by atoms with van der Waals surface area (Å²) in [6.07, 6.45) is 2.60. The van der Waals surface area contributed by atoms with Crippen molar-refractivity contribution >= 4 is 32.9 Å². The fraction of sp³-hybridized carbons (Fsp3) is 0.438. The van der Waals surface area contributed by atoms with Crippen LogP contribution in [0.1, 0.15) is 25.5 Å². The van der Waals surface area contributed by atoms with Crippen LogP contribution < -0.4 is 5.73 Å². The van der Waals surface area contributed by atoms with Crippen molar-refractivity contribution in [2.45, 2.75) is 25.3 Å². The third kappa shape index (κ3) is 2.14. The molecule has 0 spiro atoms. The number of rotatable bonds is 3. The number of furan rings is 1. The normalized spacial score (nSPS) is 25.6. The number of guanidine groups is 1. The average molecular weight is 348 g/mol. The second-order valence-corrected chi connectivity index (χ2v) is 7.21. The smallest absolute Gasteiger partial charge is 0.192 e. The zero-order valence-corrected chi connectivity index (χ0v) is 13.6. The maximum atomic E-state index is 6.11. The molecular weight excluding hydrogens is 330 g/mol. The summed E-state index contributed by atoms with van der Waals surface area (Å²) in [6.45, 7) is 3.81. The quantitative estimate of drug-likeness (QED) is 0.924. The summed E-state index contributed by atoms with van der Waals surface area (Å²) >= 11 is 3.51. The number of nitrogens with two attached hydrogens (primary N) is 1. The first-order valence-electron chi connectivity index (χ1n) is 7.33. The van der Waals surface area contributed by atoms with Gasteiger partial charge in [0.1, 0.15) is 16.9 Å². The maximum Gasteiger partial charge on any atom is 0.192 e. The molecule has 1 saturated carbocycles. The van der Waals surface area contributed by atoms with Gasteiger partial charge in [0.25, 0.3) is 0 Å². The highest BCUT2D eigenvalue weighted by atomic mass is 79.9. The van der Waals surface area contributed by atoms with Gasteiger partial charge in [-0.2, -0.15) is 0 Å². The Morgan fingerprint density at radius 3 is 3.00 bits per heavy atom. The van der Waals surface area contributed by atoms with Gasteiger partial charge in [-0.15, -0.1) is 0 Å². The van der Waals surface area contributed by atoms with Crippen molar-refractivity contribution in [1.29, 1.82) is 0 Å². The molecule has 4 rings (SSSR count). The number of halogens is 1. The summed E-state index contributed by atoms with van der Waals surface area (Å²) < 4.78 is 7.16. The highest BCUT2D eigenvalue weighted by Crippen LogP contribution is 2.40. The van der Waals surface area contributed by atoms with Crippen molar-refractivity contribution in [3.8, 4) is 0 Å². The largest absolute Gasteiger partial charge is 0.458 e. The Balaban J connectivity index is 1.74. The van der Waals surface area contributed by atoms with E-state index in [9.17, 15) is 0 Å². The molecule has 2 aliphatic rings. The zero-order valence-electron chi connectivity index (χ0n) is 12.0. The fourth-order valence-electron chi connectivity index (χ4n) is 3.00. The molecule has 1 atom stereocenters. The van der Waals surface area contributed by atoms with Crippen LogP contribution in [0.25, 0.3) is 11.0 Å². The zero-order chi connectivity index (χ0) is 14.6. The van der Waals surface area contributed by atoms with E-state index >= 15 is 0 Å². The van der Waals surface area contributed by atoms with E-state index in [1.807, 2.05) is 12.1 Å². The van der Waals surface area contributed by atoms with Crippen molar-refractivity contribution in [3.05, 3.63) is 34.5 Å². The topological polar surface area (TPSA) is 54.8 Å². The van der Waals surface area contributed by atoms with E-state index < -0.39 is 0 Å². The molecular formula is C16H18BrN3O. The maximum absolute atomic E-state index is 6.11. The minimum Gasteiger partial charge on any atom is -0.458 e. The van der Waals surface area contributed by atoms with Gasteiger partial charge >= 0.3 is 0 Å². The molecule has 1 aromatic heterocycles. The van der Waals surface area contributed by atoms with Gasteiger partial charge in [-0.05, 0) is 49.9 Å². The summed E-state index contributed by atoms with van der Waals surface area (Å²) in [5.41, 5.74) is 6.76. The third-order valence-corrected chi connectivity index (χ3v) is 5.06. The van der Waals surface area contributed by atoms with Crippen LogP contribution in [0.5, 0.6) is 0 Å². The fourth-order valence-corrected chi connectivity index (χ4v) is 3.38. The Morgan fingerprint density at radius 1 is 1.43 bits per heavy atom. The second kappa shape index (κ2) is 4.50. The van der Waals surface area contributed by atoms with Gasteiger partial charge in [0.05, 0.1) is 6.54 Å². The van der Waals surface area contributed by atoms with Gasteiger partial charge in [-0.1, -0.05) is 15.9 Å². The first-order chi connectivity index (χ1) is 10.1. The van der Waals surface area contributed by atoms with Gasteiger partial charge < -0.3 is 15.1 Å². The monoisotopic (exact) mass is 347 g/mol. The SMILES string of the molecule is CC1(c2cc3cc(Br)ccc3o2)CN=C(N)N1CC1CC1. The van der Waals surface area contributed by atoms with Crippen LogP contribution in [0.3, 0.4) is 0 Å². The van der Waals surface area contributed by atoms with E-state index in [-0.39, 0.29) is 5.54 Å². The predicted octanol–water partition coefficient (Wildman–Crippen LogP) is 3.45. The van der Waals surface area contributed by atoms with E-state index in [1.165, 1.54) is 12.8 Å². The Hall–Kier alpha value is -1.49. The summed E-state index contributed by atoms with van der Waals surface area (Å²) in [6, 6.07) is 8.19. The molecule has 2 aromatic rings. The first kappa shape index (κ1) is 13.2. The van der Waals surface area contributed by atoms with Crippen molar-refractivity contribution < 1.29 is 4.42 Å². The van der Waals surface area contributed by atoms with Crippen LogP contribution in [0.4, 0.5) is 0 Å². The molecule has 2 heterocycles. The molecule has 5 heteroatoms. The van der Waals surface area contributed by atoms with Gasteiger partial charge in [0.15, 0.2) is 5.96 Å². The lowest BCUT2D eigenvalue weighted by Crippen LogP contribution is -2.48. The van der Waals surface area contributed by atoms with E-state index in [0.29, 0.717) is 12.5 Å². The standard InChI is InChI=1S/C16H18BrN3O/c1-16(9-19-15(18)20(16)8-10-2-3-10)14-7-11-6-12(17)4-5-13(11)21-14/h4-7,10H,2-3,8-9H2,1H3,(H2,18,19). The molecule has 110 valence electrons. The Labute approximate surface area is 132 Å². The Bertz CT molecular complexity index is 734. The molecule has 0 saturated heterocycles. The third-order valence-electron chi connectivity index (χ3n) is 4.57. The number of nitrogens with zero attached hydrogens (tertiary/aromatic N) is 2. The van der Waals surface area contributed by atoms with E-state index in [2.05, 4.69) is 44.9 Å². The van der Waals surface area contributed by atoms with Gasteiger partial charge in [0, 0.05) is 16.4 Å². The minimum absolute atomic E-state index is 0.266. The van der Waals surface area contributed by atoms with E-state index in [0.717, 1.165) is 33.7 Å². The van der Waals surface area contributed by atoms with Crippen LogP contribution in [0.2, 0.25) is 0 Å². The second-order valence-electron chi connectivity index (χ2n) is 6.30. The summed E-state index contributed by atoms with van der Waals surface area (Å²) in [5, 5.41) is 1.11. The first-order valence-corrected chi connectivity index (χ1v) is 8.13. The summed E-state index contributed by atoms with van der Waals surface area (Å²) in [4.78, 5) is 6.69. The van der Waals surface area contributed by atoms with Gasteiger partial charge in [0.2, 0.25) is 0 Å². The Kier molecular flexibility index (Phi) is 2.83. The van der Waals surface area contributed by atoms with Crippen molar-refractivity contribution in [2.24, 2.45) is 16.6 Å². The van der Waals surface area contributed by atoms with Crippen LogP contribution in [0.15, 0.2) is 38.1 Å². The number of fused-ring (bicyclic) bond motifs is 1. The molecule has 1 aromatic carbocycles. The van der Waals surface area contributed by atoms with Crippen LogP contribution in [-0.2, 0) is 5.54 Å². The lowest BCUT2D eigenvalue weighted by Gasteiger charge is -2.34. The number of aliphatic imine (C=N–C) groups is 1. The number of hydrogen-bond acceptors (Lipinski definition) is 4. The highest BCUT2D eigenvalue weighted by Gasteiger charge is 2.44. The molecule has 1 fully saturated rings. The molecule has 21 heavy (non-hydrogen) atoms. The van der Waals surface area contributed by atoms with Crippen molar-refractivity contribution in [2.75, 3.05) is 13.1 Å². The highest BCUT2D eigenvalue weighted by molar-refractivity contribution is 9.10. The van der Waals surface area contributed by atoms with Crippen LogP contribution >= 0.6 is 15.9 Å². The van der Waals surface area contributed by atoms with Crippen molar-refractivity contribution in [3.63, 3.8) is 0 Å². The number of hydrogen-bond donors (Lipinski definition) is 1. The Morgan fingerprint density at radius 2 is 2.24 bits per heavy atom. The average Bonchev–Trinajstić information content (AvgIpc) is 3.11. The minimum atomic E-state index is -0.266. The van der Waals surface area contributed by atoms with Gasteiger partial charge in [-0.25, -0.2) is 0 Å². The van der Waals surface area contributed by atoms with E-state index in [4.69, 9.17) is 10.2 Å². The van der Waals surface area contributed by atoms with E-state index in [1.54, 1.807) is 0 Å². The molecule has 2 N–H and O–H groups in total. The lowest BCUT2D eigenvalue weighted by atomic mass is 9.97. The summed E-state index contributed by atoms with van der Waals surface area (Å²) in [7, 11) is 0. The molecule has 1 unspecified atom stereocenters. The van der Waals surface area contributed by atoms with Gasteiger partial charge in [-0.3, -0.25) is 4.99 Å². The van der Waals surface area contributed by atoms with Crippen LogP contribution in [-0.4, -0.2) is 23.9 Å². The molecule has 0 amide bonds. The number of benzene rings is 1. The molecule has 1 aliphatic heterocycles. The molecule has 0 radical (unpaired) electrons. The lowest BCUT2D eigenvalue weighted by molar-refractivity contribution is 0.184. The molecule has 1 aliphatic carbocycles. The van der Waals surface area contributed by atoms with Crippen molar-refractivity contribution in [1.82, 2.24) is 4.90 Å². The predicted molar refractivity (Wildman–Crippen MR) is 87.2 cm³/mol. The molecule has 4 nitrogen and oxygen atoms in total. The van der Waals surface area contributed by atoms with Crippen LogP contribution in [0, 0.1) is 5.92 Å².